The average molecular weight is 165 g/mol. The molecule has 3 N–H and O–H groups in total. The van der Waals surface area contributed by atoms with Crippen molar-refractivity contribution < 1.29 is 0 Å². The second-order valence-electron chi connectivity index (χ2n) is 2.57. The first-order chi connectivity index (χ1) is 5.66. The van der Waals surface area contributed by atoms with Crippen LogP contribution in [0, 0.1) is 0 Å². The number of pyridine rings is 1. The van der Waals surface area contributed by atoms with Gasteiger partial charge in [-0.1, -0.05) is 11.6 Å². The number of nitrogens with two attached hydrogens (primary N) is 1. The van der Waals surface area contributed by atoms with Gasteiger partial charge in [-0.15, -0.1) is 6.58 Å². The summed E-state index contributed by atoms with van der Waals surface area (Å²) in [6, 6.07) is 5.49. The van der Waals surface area contributed by atoms with E-state index < -0.39 is 0 Å². The van der Waals surface area contributed by atoms with E-state index in [9.17, 15) is 0 Å². The van der Waals surface area contributed by atoms with Crippen molar-refractivity contribution in [1.82, 2.24) is 4.98 Å². The maximum atomic E-state index is 5.04. The van der Waals surface area contributed by atoms with Gasteiger partial charge in [-0.3, -0.25) is 0 Å². The molecule has 3 heteroatoms. The van der Waals surface area contributed by atoms with Crippen molar-refractivity contribution in [3.8, 4) is 0 Å². The van der Waals surface area contributed by atoms with Crippen LogP contribution in [0.15, 0.2) is 36.5 Å². The Labute approximate surface area is 73.3 Å². The lowest BCUT2D eigenvalue weighted by molar-refractivity contribution is 1.23. The third kappa shape index (κ3) is 6.77. The Morgan fingerprint density at radius 1 is 1.50 bits per heavy atom. The van der Waals surface area contributed by atoms with Gasteiger partial charge in [0.1, 0.15) is 5.82 Å². The van der Waals surface area contributed by atoms with Crippen LogP contribution in [0.25, 0.3) is 0 Å². The Kier molecular flexibility index (Phi) is 5.65. The molecule has 1 aromatic heterocycles. The van der Waals surface area contributed by atoms with Crippen molar-refractivity contribution in [3.05, 3.63) is 36.5 Å². The van der Waals surface area contributed by atoms with Crippen LogP contribution in [0.2, 0.25) is 0 Å². The summed E-state index contributed by atoms with van der Waals surface area (Å²) in [5.74, 6) is 5.72. The molecule has 0 radical (unpaired) electrons. The van der Waals surface area contributed by atoms with E-state index in [2.05, 4.69) is 17.0 Å². The van der Waals surface area contributed by atoms with Crippen LogP contribution >= 0.6 is 0 Å². The highest BCUT2D eigenvalue weighted by atomic mass is 15.2. The summed E-state index contributed by atoms with van der Waals surface area (Å²) < 4.78 is 0. The van der Waals surface area contributed by atoms with E-state index >= 15 is 0 Å². The Bertz CT molecular complexity index is 214. The number of rotatable bonds is 1. The molecular formula is C9H15N3. The van der Waals surface area contributed by atoms with Gasteiger partial charge >= 0.3 is 0 Å². The number of nitrogen functional groups attached to an aromatic ring is 1. The molecule has 0 saturated heterocycles. The standard InChI is InChI=1S/C5H7N3.C4H8/c6-8-5-3-1-2-4-7-5;1-4(2)3/h1-4H,6H2,(H,7,8);1H2,2-3H3. The molecule has 0 spiro atoms. The SMILES string of the molecule is C=C(C)C.NNc1ccccn1. The summed E-state index contributed by atoms with van der Waals surface area (Å²) in [5, 5.41) is 0. The molecule has 1 rings (SSSR count). The van der Waals surface area contributed by atoms with E-state index in [1.807, 2.05) is 26.0 Å². The number of nitrogens with one attached hydrogen (secondary N) is 1. The molecule has 0 bridgehead atoms. The zero-order valence-electron chi connectivity index (χ0n) is 7.54. The molecule has 1 heterocycles. The predicted molar refractivity (Wildman–Crippen MR) is 52.5 cm³/mol. The van der Waals surface area contributed by atoms with Gasteiger partial charge in [0.25, 0.3) is 0 Å². The van der Waals surface area contributed by atoms with Crippen LogP contribution in [0.5, 0.6) is 0 Å². The van der Waals surface area contributed by atoms with E-state index in [1.165, 1.54) is 5.57 Å². The topological polar surface area (TPSA) is 50.9 Å². The molecule has 0 fully saturated rings. The van der Waals surface area contributed by atoms with Gasteiger partial charge in [-0.05, 0) is 26.0 Å². The van der Waals surface area contributed by atoms with Crippen LogP contribution in [-0.2, 0) is 0 Å². The minimum Gasteiger partial charge on any atom is -0.308 e. The molecule has 0 aliphatic carbocycles. The third-order valence-electron chi connectivity index (χ3n) is 0.813. The van der Waals surface area contributed by atoms with Crippen molar-refractivity contribution in [2.24, 2.45) is 5.84 Å². The first kappa shape index (κ1) is 10.7. The van der Waals surface area contributed by atoms with Crippen molar-refractivity contribution in [3.63, 3.8) is 0 Å². The molecule has 3 nitrogen and oxygen atoms in total. The van der Waals surface area contributed by atoms with Crippen molar-refractivity contribution >= 4 is 5.82 Å². The van der Waals surface area contributed by atoms with Gasteiger partial charge in [0, 0.05) is 6.20 Å². The monoisotopic (exact) mass is 165 g/mol. The Hall–Kier alpha value is -1.35. The molecule has 0 saturated carbocycles. The first-order valence-corrected chi connectivity index (χ1v) is 3.66. The summed E-state index contributed by atoms with van der Waals surface area (Å²) in [6.07, 6.45) is 1.68. The highest BCUT2D eigenvalue weighted by Crippen LogP contribution is 1.94. The zero-order chi connectivity index (χ0) is 9.40. The Balaban J connectivity index is 0.000000261. The summed E-state index contributed by atoms with van der Waals surface area (Å²) >= 11 is 0. The van der Waals surface area contributed by atoms with Crippen molar-refractivity contribution in [2.45, 2.75) is 13.8 Å². The Morgan fingerprint density at radius 3 is 2.33 bits per heavy atom. The van der Waals surface area contributed by atoms with Crippen molar-refractivity contribution in [1.29, 1.82) is 0 Å². The number of nitrogens with zero attached hydrogens (tertiary/aromatic N) is 1. The van der Waals surface area contributed by atoms with Crippen LogP contribution in [0.4, 0.5) is 5.82 Å². The number of hydrazine groups is 1. The van der Waals surface area contributed by atoms with E-state index in [-0.39, 0.29) is 0 Å². The van der Waals surface area contributed by atoms with Crippen LogP contribution < -0.4 is 11.3 Å². The molecule has 0 aliphatic rings. The van der Waals surface area contributed by atoms with Crippen molar-refractivity contribution in [2.75, 3.05) is 5.43 Å². The normalized spacial score (nSPS) is 7.92. The molecule has 0 atom stereocenters. The fourth-order valence-corrected chi connectivity index (χ4v) is 0.448. The minimum atomic E-state index is 0.688. The van der Waals surface area contributed by atoms with Gasteiger partial charge in [-0.2, -0.15) is 0 Å². The van der Waals surface area contributed by atoms with E-state index in [0.717, 1.165) is 0 Å². The third-order valence-corrected chi connectivity index (χ3v) is 0.813. The minimum absolute atomic E-state index is 0.688. The lowest BCUT2D eigenvalue weighted by Crippen LogP contribution is -2.07. The molecule has 12 heavy (non-hydrogen) atoms. The second kappa shape index (κ2) is 6.37. The maximum Gasteiger partial charge on any atom is 0.139 e. The molecule has 0 aromatic carbocycles. The molecule has 66 valence electrons. The number of hydrogen-bond acceptors (Lipinski definition) is 3. The molecule has 0 unspecified atom stereocenters. The van der Waals surface area contributed by atoms with E-state index in [4.69, 9.17) is 5.84 Å². The van der Waals surface area contributed by atoms with Crippen LogP contribution in [-0.4, -0.2) is 4.98 Å². The maximum absolute atomic E-state index is 5.04. The average Bonchev–Trinajstić information content (AvgIpc) is 2.05. The van der Waals surface area contributed by atoms with Gasteiger partial charge in [0.15, 0.2) is 0 Å². The highest BCUT2D eigenvalue weighted by Gasteiger charge is 1.80. The highest BCUT2D eigenvalue weighted by molar-refractivity contribution is 5.30. The number of hydrogen-bond donors (Lipinski definition) is 2. The summed E-state index contributed by atoms with van der Waals surface area (Å²) in [4.78, 5) is 3.86. The second-order valence-corrected chi connectivity index (χ2v) is 2.57. The van der Waals surface area contributed by atoms with E-state index in [0.29, 0.717) is 5.82 Å². The largest absolute Gasteiger partial charge is 0.308 e. The predicted octanol–water partition coefficient (Wildman–Crippen LogP) is 1.95. The van der Waals surface area contributed by atoms with E-state index in [1.54, 1.807) is 12.3 Å². The molecule has 0 amide bonds. The summed E-state index contributed by atoms with van der Waals surface area (Å²) in [6.45, 7) is 7.50. The number of allylic oxidation sites excluding steroid dienone is 1. The first-order valence-electron chi connectivity index (χ1n) is 3.66. The van der Waals surface area contributed by atoms with Gasteiger partial charge in [0.05, 0.1) is 0 Å². The Morgan fingerprint density at radius 2 is 2.08 bits per heavy atom. The van der Waals surface area contributed by atoms with Gasteiger partial charge in [-0.25, -0.2) is 10.8 Å². The molecular weight excluding hydrogens is 150 g/mol. The quantitative estimate of drug-likeness (QED) is 0.380. The zero-order valence-corrected chi connectivity index (χ0v) is 7.54. The lowest BCUT2D eigenvalue weighted by Gasteiger charge is -1.92. The lowest BCUT2D eigenvalue weighted by atomic mass is 10.4. The van der Waals surface area contributed by atoms with Gasteiger partial charge < -0.3 is 5.43 Å². The number of aromatic nitrogens is 1. The summed E-state index contributed by atoms with van der Waals surface area (Å²) in [7, 11) is 0. The molecule has 1 aromatic rings. The summed E-state index contributed by atoms with van der Waals surface area (Å²) in [5.41, 5.74) is 3.58. The molecule has 0 aliphatic heterocycles. The number of anilines is 1. The fraction of sp³-hybridized carbons (Fsp3) is 0.222. The smallest absolute Gasteiger partial charge is 0.139 e. The van der Waals surface area contributed by atoms with Crippen LogP contribution in [0.1, 0.15) is 13.8 Å². The van der Waals surface area contributed by atoms with Crippen LogP contribution in [0.3, 0.4) is 0 Å². The fourth-order valence-electron chi connectivity index (χ4n) is 0.448. The van der Waals surface area contributed by atoms with Gasteiger partial charge in [0.2, 0.25) is 0 Å².